The first-order valence-corrected chi connectivity index (χ1v) is 9.56. The van der Waals surface area contributed by atoms with Crippen molar-refractivity contribution >= 4 is 35.3 Å². The summed E-state index contributed by atoms with van der Waals surface area (Å²) in [6, 6.07) is 13.7. The van der Waals surface area contributed by atoms with Crippen molar-refractivity contribution in [2.45, 2.75) is 19.2 Å². The number of benzene rings is 2. The topological polar surface area (TPSA) is 70.1 Å². The SMILES string of the molecule is O=C(O)C1CN(C(=O)OCc2ccccc2)CCN1Cc1ccc(Cl)c(Cl)c1. The number of carboxylic acids is 1. The van der Waals surface area contributed by atoms with Gasteiger partial charge in [-0.2, -0.15) is 0 Å². The van der Waals surface area contributed by atoms with E-state index in [2.05, 4.69) is 0 Å². The van der Waals surface area contributed by atoms with Gasteiger partial charge in [-0.05, 0) is 23.3 Å². The minimum Gasteiger partial charge on any atom is -0.480 e. The quantitative estimate of drug-likeness (QED) is 0.790. The fourth-order valence-corrected chi connectivity index (χ4v) is 3.41. The number of nitrogens with zero attached hydrogens (tertiary/aromatic N) is 2. The highest BCUT2D eigenvalue weighted by Gasteiger charge is 2.34. The van der Waals surface area contributed by atoms with E-state index in [1.807, 2.05) is 41.3 Å². The van der Waals surface area contributed by atoms with E-state index in [9.17, 15) is 14.7 Å². The summed E-state index contributed by atoms with van der Waals surface area (Å²) in [5.41, 5.74) is 1.74. The fourth-order valence-electron chi connectivity index (χ4n) is 3.09. The molecular weight excluding hydrogens is 403 g/mol. The molecule has 2 aromatic carbocycles. The molecule has 1 N–H and O–H groups in total. The summed E-state index contributed by atoms with van der Waals surface area (Å²) < 4.78 is 5.32. The van der Waals surface area contributed by atoms with Gasteiger partial charge < -0.3 is 14.7 Å². The fraction of sp³-hybridized carbons (Fsp3) is 0.300. The molecule has 1 fully saturated rings. The van der Waals surface area contributed by atoms with Gasteiger partial charge in [0.25, 0.3) is 0 Å². The van der Waals surface area contributed by atoms with E-state index in [0.29, 0.717) is 29.7 Å². The number of carboxylic acid groups (broad SMARTS) is 1. The molecule has 1 amide bonds. The van der Waals surface area contributed by atoms with Gasteiger partial charge >= 0.3 is 12.1 Å². The molecule has 3 rings (SSSR count). The highest BCUT2D eigenvalue weighted by molar-refractivity contribution is 6.42. The Kier molecular flexibility index (Phi) is 6.78. The van der Waals surface area contributed by atoms with Gasteiger partial charge in [-0.25, -0.2) is 4.79 Å². The third kappa shape index (κ3) is 5.16. The number of hydrogen-bond donors (Lipinski definition) is 1. The number of hydrogen-bond acceptors (Lipinski definition) is 4. The minimum absolute atomic E-state index is 0.0598. The molecule has 1 atom stereocenters. The highest BCUT2D eigenvalue weighted by atomic mass is 35.5. The highest BCUT2D eigenvalue weighted by Crippen LogP contribution is 2.24. The van der Waals surface area contributed by atoms with Gasteiger partial charge in [0.05, 0.1) is 16.6 Å². The van der Waals surface area contributed by atoms with Crippen LogP contribution in [0.5, 0.6) is 0 Å². The molecule has 1 saturated heterocycles. The third-order valence-corrected chi connectivity index (χ3v) is 5.35. The van der Waals surface area contributed by atoms with Crippen LogP contribution < -0.4 is 0 Å². The maximum absolute atomic E-state index is 12.3. The van der Waals surface area contributed by atoms with Crippen molar-refractivity contribution in [3.8, 4) is 0 Å². The van der Waals surface area contributed by atoms with Gasteiger partial charge in [0.2, 0.25) is 0 Å². The zero-order valence-electron chi connectivity index (χ0n) is 15.1. The lowest BCUT2D eigenvalue weighted by Gasteiger charge is -2.38. The Labute approximate surface area is 173 Å². The molecule has 0 spiro atoms. The molecule has 1 heterocycles. The molecule has 0 aliphatic carbocycles. The molecule has 0 bridgehead atoms. The van der Waals surface area contributed by atoms with Gasteiger partial charge in [0.1, 0.15) is 12.6 Å². The van der Waals surface area contributed by atoms with E-state index in [-0.39, 0.29) is 13.2 Å². The van der Waals surface area contributed by atoms with Crippen molar-refractivity contribution in [3.05, 3.63) is 69.7 Å². The summed E-state index contributed by atoms with van der Waals surface area (Å²) >= 11 is 12.0. The van der Waals surface area contributed by atoms with Crippen LogP contribution in [0.15, 0.2) is 48.5 Å². The van der Waals surface area contributed by atoms with Crippen molar-refractivity contribution in [2.24, 2.45) is 0 Å². The summed E-state index contributed by atoms with van der Waals surface area (Å²) in [5, 5.41) is 10.5. The van der Waals surface area contributed by atoms with Crippen LogP contribution in [0.3, 0.4) is 0 Å². The lowest BCUT2D eigenvalue weighted by atomic mass is 10.1. The Balaban J connectivity index is 1.61. The average Bonchev–Trinajstić information content (AvgIpc) is 2.70. The molecule has 8 heteroatoms. The van der Waals surface area contributed by atoms with E-state index >= 15 is 0 Å². The zero-order chi connectivity index (χ0) is 20.1. The molecule has 0 aromatic heterocycles. The monoisotopic (exact) mass is 422 g/mol. The number of amides is 1. The Morgan fingerprint density at radius 2 is 1.79 bits per heavy atom. The number of ether oxygens (including phenoxy) is 1. The maximum Gasteiger partial charge on any atom is 0.410 e. The molecule has 6 nitrogen and oxygen atoms in total. The number of piperazine rings is 1. The molecular formula is C20H20Cl2N2O4. The van der Waals surface area contributed by atoms with E-state index in [1.165, 1.54) is 4.90 Å². The van der Waals surface area contributed by atoms with Crippen LogP contribution in [-0.2, 0) is 22.7 Å². The Morgan fingerprint density at radius 3 is 2.46 bits per heavy atom. The first kappa shape index (κ1) is 20.5. The van der Waals surface area contributed by atoms with Gasteiger partial charge in [0, 0.05) is 19.6 Å². The average molecular weight is 423 g/mol. The molecule has 2 aromatic rings. The molecule has 1 aliphatic heterocycles. The van der Waals surface area contributed by atoms with Crippen LogP contribution in [0.4, 0.5) is 4.79 Å². The van der Waals surface area contributed by atoms with Gasteiger partial charge in [-0.3, -0.25) is 9.69 Å². The smallest absolute Gasteiger partial charge is 0.410 e. The zero-order valence-corrected chi connectivity index (χ0v) is 16.6. The second-order valence-corrected chi connectivity index (χ2v) is 7.37. The Hall–Kier alpha value is -2.28. The first-order valence-electron chi connectivity index (χ1n) is 8.80. The molecule has 1 unspecified atom stereocenters. The summed E-state index contributed by atoms with van der Waals surface area (Å²) in [6.07, 6.45) is -0.510. The van der Waals surface area contributed by atoms with Crippen LogP contribution in [0.2, 0.25) is 10.0 Å². The van der Waals surface area contributed by atoms with Gasteiger partial charge in [-0.15, -0.1) is 0 Å². The number of carbonyl (C=O) groups is 2. The van der Waals surface area contributed by atoms with E-state index in [1.54, 1.807) is 12.1 Å². The molecule has 148 valence electrons. The standard InChI is InChI=1S/C20H20Cl2N2O4/c21-16-7-6-15(10-17(16)22)11-23-8-9-24(12-18(23)19(25)26)20(27)28-13-14-4-2-1-3-5-14/h1-7,10,18H,8-9,11-13H2,(H,25,26). The lowest BCUT2D eigenvalue weighted by Crippen LogP contribution is -2.57. The van der Waals surface area contributed by atoms with Gasteiger partial charge in [-0.1, -0.05) is 59.6 Å². The van der Waals surface area contributed by atoms with Gasteiger partial charge in [0.15, 0.2) is 0 Å². The van der Waals surface area contributed by atoms with Crippen molar-refractivity contribution in [1.82, 2.24) is 9.80 Å². The second-order valence-electron chi connectivity index (χ2n) is 6.56. The lowest BCUT2D eigenvalue weighted by molar-refractivity contribution is -0.145. The van der Waals surface area contributed by atoms with Crippen molar-refractivity contribution in [2.75, 3.05) is 19.6 Å². The van der Waals surface area contributed by atoms with Crippen LogP contribution in [0, 0.1) is 0 Å². The molecule has 0 radical (unpaired) electrons. The number of carbonyl (C=O) groups excluding carboxylic acids is 1. The van der Waals surface area contributed by atoms with E-state index in [0.717, 1.165) is 11.1 Å². The number of aliphatic carboxylic acids is 1. The normalized spacial score (nSPS) is 17.4. The van der Waals surface area contributed by atoms with Crippen molar-refractivity contribution in [1.29, 1.82) is 0 Å². The predicted molar refractivity (Wildman–Crippen MR) is 106 cm³/mol. The van der Waals surface area contributed by atoms with E-state index in [4.69, 9.17) is 27.9 Å². The van der Waals surface area contributed by atoms with Crippen LogP contribution >= 0.6 is 23.2 Å². The number of halogens is 2. The predicted octanol–water partition coefficient (Wildman–Crippen LogP) is 3.90. The van der Waals surface area contributed by atoms with Crippen molar-refractivity contribution < 1.29 is 19.4 Å². The minimum atomic E-state index is -0.986. The number of rotatable bonds is 5. The molecule has 1 aliphatic rings. The Bertz CT molecular complexity index is 847. The van der Waals surface area contributed by atoms with Crippen LogP contribution in [0.25, 0.3) is 0 Å². The third-order valence-electron chi connectivity index (χ3n) is 4.61. The second kappa shape index (κ2) is 9.28. The molecule has 28 heavy (non-hydrogen) atoms. The summed E-state index contributed by atoms with van der Waals surface area (Å²) in [4.78, 5) is 27.3. The maximum atomic E-state index is 12.3. The van der Waals surface area contributed by atoms with Crippen molar-refractivity contribution in [3.63, 3.8) is 0 Å². The Morgan fingerprint density at radius 1 is 1.04 bits per heavy atom. The first-order chi connectivity index (χ1) is 13.4. The van der Waals surface area contributed by atoms with Crippen LogP contribution in [-0.4, -0.2) is 52.6 Å². The largest absolute Gasteiger partial charge is 0.480 e. The summed E-state index contributed by atoms with van der Waals surface area (Å²) in [7, 11) is 0. The van der Waals surface area contributed by atoms with E-state index < -0.39 is 18.1 Å². The summed E-state index contributed by atoms with van der Waals surface area (Å²) in [6.45, 7) is 1.42. The summed E-state index contributed by atoms with van der Waals surface area (Å²) in [5.74, 6) is -0.986. The van der Waals surface area contributed by atoms with Crippen LogP contribution in [0.1, 0.15) is 11.1 Å². The molecule has 0 saturated carbocycles.